The van der Waals surface area contributed by atoms with Crippen LogP contribution in [0.25, 0.3) is 0 Å². The number of nitrogens with zero attached hydrogens (tertiary/aromatic N) is 1. The van der Waals surface area contributed by atoms with Crippen LogP contribution in [-0.2, 0) is 0 Å². The molecule has 9 heavy (non-hydrogen) atoms. The molecule has 2 unspecified atom stereocenters. The van der Waals surface area contributed by atoms with Gasteiger partial charge in [0.25, 0.3) is 0 Å². The van der Waals surface area contributed by atoms with E-state index >= 15 is 0 Å². The predicted octanol–water partition coefficient (Wildman–Crippen LogP) is 1.55. The first-order chi connectivity index (χ1) is 4.45. The lowest BCUT2D eigenvalue weighted by atomic mass is 10.1. The SMILES string of the molecule is C1=C2C(=NC3CC23)CC1. The van der Waals surface area contributed by atoms with Gasteiger partial charge in [0.1, 0.15) is 0 Å². The summed E-state index contributed by atoms with van der Waals surface area (Å²) in [6.07, 6.45) is 6.24. The molecule has 0 radical (unpaired) electrons. The standard InChI is InChI=1S/C8H9N/c1-2-5-6-4-8(6)9-7(5)3-1/h2,6,8H,1,3-4H2. The van der Waals surface area contributed by atoms with Crippen LogP contribution in [0.2, 0.25) is 0 Å². The van der Waals surface area contributed by atoms with Crippen LogP contribution in [0.3, 0.4) is 0 Å². The zero-order valence-corrected chi connectivity index (χ0v) is 5.30. The van der Waals surface area contributed by atoms with Crippen LogP contribution < -0.4 is 0 Å². The molecule has 0 N–H and O–H groups in total. The molecular weight excluding hydrogens is 110 g/mol. The Morgan fingerprint density at radius 2 is 2.56 bits per heavy atom. The largest absolute Gasteiger partial charge is 0.285 e. The highest BCUT2D eigenvalue weighted by Gasteiger charge is 2.47. The third kappa shape index (κ3) is 0.396. The molecule has 0 spiro atoms. The van der Waals surface area contributed by atoms with E-state index in [1.54, 1.807) is 5.57 Å². The number of hydrogen-bond acceptors (Lipinski definition) is 1. The predicted molar refractivity (Wildman–Crippen MR) is 36.6 cm³/mol. The summed E-state index contributed by atoms with van der Waals surface area (Å²) in [5, 5.41) is 0. The maximum Gasteiger partial charge on any atom is 0.0579 e. The van der Waals surface area contributed by atoms with E-state index in [1.807, 2.05) is 0 Å². The molecule has 0 amide bonds. The first-order valence-corrected chi connectivity index (χ1v) is 3.72. The Bertz CT molecular complexity index is 225. The molecular formula is C8H9N. The highest BCUT2D eigenvalue weighted by Crippen LogP contribution is 2.48. The Morgan fingerprint density at radius 1 is 1.56 bits per heavy atom. The highest BCUT2D eigenvalue weighted by atomic mass is 14.9. The van der Waals surface area contributed by atoms with Crippen molar-refractivity contribution in [3.05, 3.63) is 11.6 Å². The van der Waals surface area contributed by atoms with Crippen molar-refractivity contribution in [2.24, 2.45) is 10.9 Å². The normalized spacial score (nSPS) is 43.6. The Morgan fingerprint density at radius 3 is 3.44 bits per heavy atom. The minimum absolute atomic E-state index is 0.742. The van der Waals surface area contributed by atoms with E-state index in [4.69, 9.17) is 0 Å². The van der Waals surface area contributed by atoms with Gasteiger partial charge in [0.15, 0.2) is 0 Å². The first-order valence-electron chi connectivity index (χ1n) is 3.72. The molecule has 2 atom stereocenters. The molecule has 1 heteroatoms. The van der Waals surface area contributed by atoms with Gasteiger partial charge in [0.05, 0.1) is 6.04 Å². The maximum absolute atomic E-state index is 4.57. The summed E-state index contributed by atoms with van der Waals surface area (Å²) >= 11 is 0. The van der Waals surface area contributed by atoms with E-state index in [0.717, 1.165) is 12.0 Å². The summed E-state index contributed by atoms with van der Waals surface area (Å²) in [7, 11) is 0. The van der Waals surface area contributed by atoms with Gasteiger partial charge in [0.2, 0.25) is 0 Å². The smallest absolute Gasteiger partial charge is 0.0579 e. The van der Waals surface area contributed by atoms with Crippen molar-refractivity contribution in [1.82, 2.24) is 0 Å². The van der Waals surface area contributed by atoms with Crippen molar-refractivity contribution in [2.75, 3.05) is 0 Å². The average Bonchev–Trinajstić information content (AvgIpc) is 2.38. The van der Waals surface area contributed by atoms with Gasteiger partial charge in [0, 0.05) is 11.6 Å². The topological polar surface area (TPSA) is 12.4 Å². The van der Waals surface area contributed by atoms with E-state index in [-0.39, 0.29) is 0 Å². The fourth-order valence-electron chi connectivity index (χ4n) is 1.99. The van der Waals surface area contributed by atoms with Crippen LogP contribution >= 0.6 is 0 Å². The van der Waals surface area contributed by atoms with E-state index < -0.39 is 0 Å². The van der Waals surface area contributed by atoms with Gasteiger partial charge < -0.3 is 0 Å². The van der Waals surface area contributed by atoms with Crippen molar-refractivity contribution in [3.8, 4) is 0 Å². The summed E-state index contributed by atoms with van der Waals surface area (Å²) in [5.41, 5.74) is 3.05. The Labute approximate surface area is 54.5 Å². The minimum Gasteiger partial charge on any atom is -0.285 e. The van der Waals surface area contributed by atoms with Gasteiger partial charge in [-0.2, -0.15) is 0 Å². The summed E-state index contributed by atoms with van der Waals surface area (Å²) in [6, 6.07) is 0.742. The molecule has 0 aromatic rings. The van der Waals surface area contributed by atoms with Gasteiger partial charge >= 0.3 is 0 Å². The van der Waals surface area contributed by atoms with Crippen molar-refractivity contribution in [3.63, 3.8) is 0 Å². The summed E-state index contributed by atoms with van der Waals surface area (Å²) in [4.78, 5) is 4.57. The van der Waals surface area contributed by atoms with Gasteiger partial charge in [-0.3, -0.25) is 4.99 Å². The minimum atomic E-state index is 0.742. The van der Waals surface area contributed by atoms with Gasteiger partial charge in [-0.15, -0.1) is 0 Å². The van der Waals surface area contributed by atoms with Crippen LogP contribution in [-0.4, -0.2) is 11.8 Å². The molecule has 3 rings (SSSR count). The third-order valence-electron chi connectivity index (χ3n) is 2.56. The van der Waals surface area contributed by atoms with Crippen LogP contribution in [0.1, 0.15) is 19.3 Å². The Balaban J connectivity index is 2.16. The number of rotatable bonds is 0. The van der Waals surface area contributed by atoms with Crippen LogP contribution in [0.5, 0.6) is 0 Å². The summed E-state index contributed by atoms with van der Waals surface area (Å²) in [6.45, 7) is 0. The fourth-order valence-corrected chi connectivity index (χ4v) is 1.99. The second-order valence-electron chi connectivity index (χ2n) is 3.18. The number of aliphatic imine (C=N–C) groups is 1. The zero-order valence-electron chi connectivity index (χ0n) is 5.30. The molecule has 3 aliphatic rings. The highest BCUT2D eigenvalue weighted by molar-refractivity contribution is 6.05. The summed E-state index contributed by atoms with van der Waals surface area (Å²) < 4.78 is 0. The lowest BCUT2D eigenvalue weighted by Crippen LogP contribution is -1.92. The monoisotopic (exact) mass is 119 g/mol. The second kappa shape index (κ2) is 1.13. The van der Waals surface area contributed by atoms with E-state index in [9.17, 15) is 0 Å². The molecule has 0 aromatic carbocycles. The summed E-state index contributed by atoms with van der Waals surface area (Å²) in [5.74, 6) is 0.891. The molecule has 46 valence electrons. The molecule has 0 bridgehead atoms. The lowest BCUT2D eigenvalue weighted by molar-refractivity contribution is 0.990. The van der Waals surface area contributed by atoms with Crippen LogP contribution in [0, 0.1) is 5.92 Å². The van der Waals surface area contributed by atoms with Crippen molar-refractivity contribution in [2.45, 2.75) is 25.3 Å². The molecule has 1 aliphatic heterocycles. The molecule has 1 fully saturated rings. The Hall–Kier alpha value is -0.590. The van der Waals surface area contributed by atoms with Crippen molar-refractivity contribution in [1.29, 1.82) is 0 Å². The Kier molecular flexibility index (Phi) is 0.535. The number of hydrogen-bond donors (Lipinski definition) is 0. The second-order valence-corrected chi connectivity index (χ2v) is 3.18. The zero-order chi connectivity index (χ0) is 5.84. The van der Waals surface area contributed by atoms with Gasteiger partial charge in [-0.1, -0.05) is 6.08 Å². The number of allylic oxidation sites excluding steroid dienone is 1. The number of fused-ring (bicyclic) bond motifs is 3. The fraction of sp³-hybridized carbons (Fsp3) is 0.625. The lowest BCUT2D eigenvalue weighted by Gasteiger charge is -1.92. The van der Waals surface area contributed by atoms with E-state index in [0.29, 0.717) is 0 Å². The quantitative estimate of drug-likeness (QED) is 0.458. The molecule has 1 saturated carbocycles. The molecule has 0 aromatic heterocycles. The molecule has 0 saturated heterocycles. The van der Waals surface area contributed by atoms with E-state index in [1.165, 1.54) is 25.0 Å². The molecule has 2 aliphatic carbocycles. The van der Waals surface area contributed by atoms with Gasteiger partial charge in [-0.25, -0.2) is 0 Å². The molecule has 1 nitrogen and oxygen atoms in total. The molecule has 1 heterocycles. The van der Waals surface area contributed by atoms with Crippen LogP contribution in [0.4, 0.5) is 0 Å². The van der Waals surface area contributed by atoms with Gasteiger partial charge in [-0.05, 0) is 24.8 Å². The van der Waals surface area contributed by atoms with E-state index in [2.05, 4.69) is 11.1 Å². The van der Waals surface area contributed by atoms with Crippen molar-refractivity contribution < 1.29 is 0 Å². The average molecular weight is 119 g/mol. The first kappa shape index (κ1) is 4.26. The van der Waals surface area contributed by atoms with Crippen LogP contribution in [0.15, 0.2) is 16.6 Å². The maximum atomic E-state index is 4.57. The van der Waals surface area contributed by atoms with Crippen molar-refractivity contribution >= 4 is 5.71 Å². The third-order valence-corrected chi connectivity index (χ3v) is 2.56.